The van der Waals surface area contributed by atoms with Gasteiger partial charge in [-0.1, -0.05) is 0 Å². The molecule has 114 valence electrons. The molecule has 3 rings (SSSR count). The number of halogens is 1. The third-order valence-electron chi connectivity index (χ3n) is 3.35. The highest BCUT2D eigenvalue weighted by molar-refractivity contribution is 9.10. The molecule has 0 atom stereocenters. The van der Waals surface area contributed by atoms with Crippen LogP contribution in [0.3, 0.4) is 0 Å². The van der Waals surface area contributed by atoms with Crippen LogP contribution < -0.4 is 14.8 Å². The van der Waals surface area contributed by atoms with Crippen LogP contribution >= 0.6 is 15.9 Å². The SMILES string of the molecule is COc1ccc(CNc2ncc(Br)n3cncc23)c(OC)c1. The van der Waals surface area contributed by atoms with Gasteiger partial charge in [0.2, 0.25) is 0 Å². The van der Waals surface area contributed by atoms with E-state index in [0.29, 0.717) is 6.54 Å². The van der Waals surface area contributed by atoms with Crippen molar-refractivity contribution < 1.29 is 9.47 Å². The third-order valence-corrected chi connectivity index (χ3v) is 3.94. The number of nitrogens with zero attached hydrogens (tertiary/aromatic N) is 3. The molecule has 1 aromatic carbocycles. The molecule has 7 heteroatoms. The van der Waals surface area contributed by atoms with Crippen LogP contribution in [0.1, 0.15) is 5.56 Å². The molecule has 0 aliphatic heterocycles. The number of aromatic nitrogens is 3. The molecule has 6 nitrogen and oxygen atoms in total. The van der Waals surface area contributed by atoms with Gasteiger partial charge in [0, 0.05) is 18.2 Å². The predicted molar refractivity (Wildman–Crippen MR) is 87.6 cm³/mol. The number of ether oxygens (including phenoxy) is 2. The summed E-state index contributed by atoms with van der Waals surface area (Å²) in [6.07, 6.45) is 5.24. The minimum Gasteiger partial charge on any atom is -0.497 e. The van der Waals surface area contributed by atoms with E-state index in [1.54, 1.807) is 32.9 Å². The topological polar surface area (TPSA) is 60.7 Å². The Morgan fingerprint density at radius 2 is 2.09 bits per heavy atom. The summed E-state index contributed by atoms with van der Waals surface area (Å²) < 4.78 is 13.4. The minimum absolute atomic E-state index is 0.586. The van der Waals surface area contributed by atoms with E-state index in [4.69, 9.17) is 9.47 Å². The summed E-state index contributed by atoms with van der Waals surface area (Å²) in [4.78, 5) is 8.54. The number of anilines is 1. The molecule has 0 radical (unpaired) electrons. The van der Waals surface area contributed by atoms with Crippen molar-refractivity contribution in [2.24, 2.45) is 0 Å². The number of benzene rings is 1. The van der Waals surface area contributed by atoms with Crippen LogP contribution in [0.25, 0.3) is 5.52 Å². The van der Waals surface area contributed by atoms with Crippen molar-refractivity contribution in [3.05, 3.63) is 47.1 Å². The Morgan fingerprint density at radius 1 is 1.23 bits per heavy atom. The van der Waals surface area contributed by atoms with Crippen LogP contribution in [-0.4, -0.2) is 28.6 Å². The number of methoxy groups -OCH3 is 2. The first-order valence-electron chi connectivity index (χ1n) is 6.64. The molecule has 0 amide bonds. The van der Waals surface area contributed by atoms with E-state index >= 15 is 0 Å². The fourth-order valence-corrected chi connectivity index (χ4v) is 2.58. The van der Waals surface area contributed by atoms with Gasteiger partial charge in [0.25, 0.3) is 0 Å². The molecular weight excluding hydrogens is 348 g/mol. The highest BCUT2D eigenvalue weighted by atomic mass is 79.9. The minimum atomic E-state index is 0.586. The van der Waals surface area contributed by atoms with Crippen molar-refractivity contribution >= 4 is 27.3 Å². The van der Waals surface area contributed by atoms with Crippen molar-refractivity contribution in [2.45, 2.75) is 6.54 Å². The largest absolute Gasteiger partial charge is 0.497 e. The Labute approximate surface area is 136 Å². The van der Waals surface area contributed by atoms with E-state index in [1.165, 1.54) is 0 Å². The highest BCUT2D eigenvalue weighted by Gasteiger charge is 2.09. The first-order valence-corrected chi connectivity index (χ1v) is 7.43. The monoisotopic (exact) mass is 362 g/mol. The maximum absolute atomic E-state index is 5.40. The maximum atomic E-state index is 5.40. The fourth-order valence-electron chi connectivity index (χ4n) is 2.20. The zero-order valence-electron chi connectivity index (χ0n) is 12.2. The quantitative estimate of drug-likeness (QED) is 0.755. The molecule has 3 aromatic rings. The Morgan fingerprint density at radius 3 is 2.86 bits per heavy atom. The average Bonchev–Trinajstić information content (AvgIpc) is 3.05. The predicted octanol–water partition coefficient (Wildman–Crippen LogP) is 3.12. The van der Waals surface area contributed by atoms with Gasteiger partial charge in [0.05, 0.1) is 26.6 Å². The van der Waals surface area contributed by atoms with Crippen LogP contribution in [0.2, 0.25) is 0 Å². The Balaban J connectivity index is 1.85. The number of fused-ring (bicyclic) bond motifs is 1. The summed E-state index contributed by atoms with van der Waals surface area (Å²) in [5.74, 6) is 2.30. The molecule has 2 aromatic heterocycles. The van der Waals surface area contributed by atoms with E-state index < -0.39 is 0 Å². The number of nitrogens with one attached hydrogen (secondary N) is 1. The lowest BCUT2D eigenvalue weighted by atomic mass is 10.2. The van der Waals surface area contributed by atoms with Gasteiger partial charge in [-0.05, 0) is 28.1 Å². The molecule has 0 spiro atoms. The van der Waals surface area contributed by atoms with E-state index in [-0.39, 0.29) is 0 Å². The Hall–Kier alpha value is -2.28. The van der Waals surface area contributed by atoms with Crippen LogP contribution in [0, 0.1) is 0 Å². The van der Waals surface area contributed by atoms with Gasteiger partial charge in [-0.15, -0.1) is 0 Å². The number of rotatable bonds is 5. The van der Waals surface area contributed by atoms with E-state index in [0.717, 1.165) is 33.0 Å². The molecule has 0 unspecified atom stereocenters. The van der Waals surface area contributed by atoms with Crippen molar-refractivity contribution in [1.82, 2.24) is 14.4 Å². The lowest BCUT2D eigenvalue weighted by Crippen LogP contribution is -2.05. The fraction of sp³-hybridized carbons (Fsp3) is 0.200. The summed E-state index contributed by atoms with van der Waals surface area (Å²) >= 11 is 3.44. The maximum Gasteiger partial charge on any atom is 0.152 e. The van der Waals surface area contributed by atoms with E-state index in [1.807, 2.05) is 22.6 Å². The first kappa shape index (κ1) is 14.6. The van der Waals surface area contributed by atoms with Gasteiger partial charge in [0.1, 0.15) is 27.9 Å². The first-order chi connectivity index (χ1) is 10.7. The summed E-state index contributed by atoms with van der Waals surface area (Å²) in [6, 6.07) is 5.74. The molecule has 2 heterocycles. The second-order valence-electron chi connectivity index (χ2n) is 4.61. The van der Waals surface area contributed by atoms with Gasteiger partial charge in [-0.3, -0.25) is 4.40 Å². The van der Waals surface area contributed by atoms with Gasteiger partial charge in [-0.25, -0.2) is 9.97 Å². The molecule has 22 heavy (non-hydrogen) atoms. The summed E-state index contributed by atoms with van der Waals surface area (Å²) in [6.45, 7) is 0.586. The zero-order valence-corrected chi connectivity index (χ0v) is 13.8. The average molecular weight is 363 g/mol. The summed E-state index contributed by atoms with van der Waals surface area (Å²) in [5, 5.41) is 3.32. The summed E-state index contributed by atoms with van der Waals surface area (Å²) in [5.41, 5.74) is 1.92. The van der Waals surface area contributed by atoms with Crippen molar-refractivity contribution in [2.75, 3.05) is 19.5 Å². The number of hydrogen-bond acceptors (Lipinski definition) is 5. The van der Waals surface area contributed by atoms with Crippen LogP contribution in [0.4, 0.5) is 5.82 Å². The molecule has 0 saturated heterocycles. The molecule has 0 aliphatic carbocycles. The summed E-state index contributed by atoms with van der Waals surface area (Å²) in [7, 11) is 3.28. The van der Waals surface area contributed by atoms with E-state index in [9.17, 15) is 0 Å². The van der Waals surface area contributed by atoms with Gasteiger partial charge in [0.15, 0.2) is 5.82 Å². The molecule has 0 aliphatic rings. The van der Waals surface area contributed by atoms with Gasteiger partial charge >= 0.3 is 0 Å². The second kappa shape index (κ2) is 6.23. The third kappa shape index (κ3) is 2.71. The van der Waals surface area contributed by atoms with Crippen LogP contribution in [0.15, 0.2) is 41.5 Å². The molecule has 0 fully saturated rings. The Kier molecular flexibility index (Phi) is 4.15. The van der Waals surface area contributed by atoms with Crippen molar-refractivity contribution in [1.29, 1.82) is 0 Å². The molecule has 0 saturated carbocycles. The lowest BCUT2D eigenvalue weighted by Gasteiger charge is -2.12. The zero-order chi connectivity index (χ0) is 15.5. The highest BCUT2D eigenvalue weighted by Crippen LogP contribution is 2.26. The van der Waals surface area contributed by atoms with Crippen LogP contribution in [-0.2, 0) is 6.54 Å². The normalized spacial score (nSPS) is 10.7. The van der Waals surface area contributed by atoms with Gasteiger partial charge < -0.3 is 14.8 Å². The standard InChI is InChI=1S/C15H15BrN4O2/c1-21-11-4-3-10(13(5-11)22-2)6-18-15-12-7-17-9-20(12)14(16)8-19-15/h3-5,7-9H,6H2,1-2H3,(H,18,19). The van der Waals surface area contributed by atoms with E-state index in [2.05, 4.69) is 31.2 Å². The van der Waals surface area contributed by atoms with Crippen LogP contribution in [0.5, 0.6) is 11.5 Å². The smallest absolute Gasteiger partial charge is 0.152 e. The van der Waals surface area contributed by atoms with Crippen molar-refractivity contribution in [3.8, 4) is 11.5 Å². The van der Waals surface area contributed by atoms with Gasteiger partial charge in [-0.2, -0.15) is 0 Å². The van der Waals surface area contributed by atoms with Crippen molar-refractivity contribution in [3.63, 3.8) is 0 Å². The Bertz CT molecular complexity index is 803. The number of imidazole rings is 1. The number of hydrogen-bond donors (Lipinski definition) is 1. The lowest BCUT2D eigenvalue weighted by molar-refractivity contribution is 0.391. The second-order valence-corrected chi connectivity index (χ2v) is 5.42. The molecular formula is C15H15BrN4O2. The molecule has 0 bridgehead atoms. The molecule has 1 N–H and O–H groups in total.